The number of aromatic nitrogens is 1. The number of para-hydroxylation sites is 1. The second kappa shape index (κ2) is 5.61. The standard InChI is InChI=1S/C12H10ClN3S/c13-11-8-10(6-7-14-11)16-12(17)15-9-4-2-1-3-5-9/h1-8H,(H2,14,15,16,17). The van der Waals surface area contributed by atoms with E-state index in [0.29, 0.717) is 10.3 Å². The van der Waals surface area contributed by atoms with Crippen molar-refractivity contribution in [1.29, 1.82) is 0 Å². The van der Waals surface area contributed by atoms with Gasteiger partial charge < -0.3 is 10.6 Å². The third-order valence-corrected chi connectivity index (χ3v) is 2.43. The molecule has 5 heteroatoms. The summed E-state index contributed by atoms with van der Waals surface area (Å²) in [4.78, 5) is 3.89. The summed E-state index contributed by atoms with van der Waals surface area (Å²) in [5.74, 6) is 0. The van der Waals surface area contributed by atoms with Crippen LogP contribution < -0.4 is 10.6 Å². The highest BCUT2D eigenvalue weighted by Gasteiger charge is 1.99. The molecule has 0 unspecified atom stereocenters. The Kier molecular flexibility index (Phi) is 3.90. The summed E-state index contributed by atoms with van der Waals surface area (Å²) in [6, 6.07) is 13.2. The molecule has 1 aromatic heterocycles. The molecule has 0 aliphatic carbocycles. The molecule has 0 bridgehead atoms. The fourth-order valence-electron chi connectivity index (χ4n) is 1.30. The lowest BCUT2D eigenvalue weighted by Crippen LogP contribution is -2.18. The van der Waals surface area contributed by atoms with Crippen LogP contribution in [-0.2, 0) is 0 Å². The average molecular weight is 264 g/mol. The van der Waals surface area contributed by atoms with Crippen LogP contribution in [0.3, 0.4) is 0 Å². The van der Waals surface area contributed by atoms with Crippen LogP contribution in [-0.4, -0.2) is 10.1 Å². The topological polar surface area (TPSA) is 37.0 Å². The van der Waals surface area contributed by atoms with Gasteiger partial charge in [0, 0.05) is 17.6 Å². The second-order valence-corrected chi connectivity index (χ2v) is 4.11. The minimum absolute atomic E-state index is 0.428. The summed E-state index contributed by atoms with van der Waals surface area (Å²) in [6.07, 6.45) is 1.62. The number of pyridine rings is 1. The second-order valence-electron chi connectivity index (χ2n) is 3.31. The van der Waals surface area contributed by atoms with E-state index < -0.39 is 0 Å². The number of thiocarbonyl (C=S) groups is 1. The smallest absolute Gasteiger partial charge is 0.175 e. The van der Waals surface area contributed by atoms with Crippen molar-refractivity contribution >= 4 is 40.3 Å². The maximum absolute atomic E-state index is 5.77. The molecule has 0 saturated carbocycles. The maximum Gasteiger partial charge on any atom is 0.175 e. The van der Waals surface area contributed by atoms with E-state index in [9.17, 15) is 0 Å². The zero-order chi connectivity index (χ0) is 12.1. The normalized spacial score (nSPS) is 9.71. The van der Waals surface area contributed by atoms with Crippen LogP contribution in [0, 0.1) is 0 Å². The molecule has 1 heterocycles. The molecule has 0 amide bonds. The summed E-state index contributed by atoms with van der Waals surface area (Å²) >= 11 is 10.9. The molecule has 1 aromatic carbocycles. The monoisotopic (exact) mass is 263 g/mol. The van der Waals surface area contributed by atoms with Crippen molar-refractivity contribution < 1.29 is 0 Å². The predicted molar refractivity (Wildman–Crippen MR) is 75.5 cm³/mol. The van der Waals surface area contributed by atoms with Gasteiger partial charge in [0.1, 0.15) is 5.15 Å². The number of nitrogens with one attached hydrogen (secondary N) is 2. The van der Waals surface area contributed by atoms with E-state index in [1.807, 2.05) is 30.3 Å². The van der Waals surface area contributed by atoms with E-state index >= 15 is 0 Å². The zero-order valence-electron chi connectivity index (χ0n) is 8.85. The summed E-state index contributed by atoms with van der Waals surface area (Å²) in [7, 11) is 0. The predicted octanol–water partition coefficient (Wildman–Crippen LogP) is 3.54. The highest BCUT2D eigenvalue weighted by Crippen LogP contribution is 2.12. The first kappa shape index (κ1) is 11.8. The molecular formula is C12H10ClN3S. The van der Waals surface area contributed by atoms with Crippen LogP contribution in [0.5, 0.6) is 0 Å². The van der Waals surface area contributed by atoms with Crippen LogP contribution in [0.4, 0.5) is 11.4 Å². The molecule has 0 radical (unpaired) electrons. The van der Waals surface area contributed by atoms with Gasteiger partial charge in [-0.3, -0.25) is 0 Å². The lowest BCUT2D eigenvalue weighted by molar-refractivity contribution is 1.33. The lowest BCUT2D eigenvalue weighted by atomic mass is 10.3. The van der Waals surface area contributed by atoms with Crippen molar-refractivity contribution in [3.8, 4) is 0 Å². The SMILES string of the molecule is S=C(Nc1ccccc1)Nc1ccnc(Cl)c1. The van der Waals surface area contributed by atoms with Gasteiger partial charge in [-0.2, -0.15) is 0 Å². The Morgan fingerprint density at radius 3 is 2.47 bits per heavy atom. The van der Waals surface area contributed by atoms with Crippen LogP contribution in [0.15, 0.2) is 48.7 Å². The highest BCUT2D eigenvalue weighted by molar-refractivity contribution is 7.80. The Morgan fingerprint density at radius 2 is 1.76 bits per heavy atom. The van der Waals surface area contributed by atoms with E-state index in [-0.39, 0.29) is 0 Å². The number of rotatable bonds is 2. The number of hydrogen-bond donors (Lipinski definition) is 2. The van der Waals surface area contributed by atoms with E-state index in [1.54, 1.807) is 18.3 Å². The molecule has 3 nitrogen and oxygen atoms in total. The van der Waals surface area contributed by atoms with Crippen molar-refractivity contribution in [2.45, 2.75) is 0 Å². The number of anilines is 2. The Labute approximate surface area is 110 Å². The summed E-state index contributed by atoms with van der Waals surface area (Å²) in [6.45, 7) is 0. The van der Waals surface area contributed by atoms with E-state index in [1.165, 1.54) is 0 Å². The van der Waals surface area contributed by atoms with Gasteiger partial charge in [-0.25, -0.2) is 4.98 Å². The Bertz CT molecular complexity index is 516. The molecule has 2 aromatic rings. The quantitative estimate of drug-likeness (QED) is 0.642. The lowest BCUT2D eigenvalue weighted by Gasteiger charge is -2.10. The van der Waals surface area contributed by atoms with Crippen LogP contribution in [0.1, 0.15) is 0 Å². The molecule has 86 valence electrons. The first-order chi connectivity index (χ1) is 8.24. The molecule has 2 rings (SSSR count). The fraction of sp³-hybridized carbons (Fsp3) is 0. The van der Waals surface area contributed by atoms with E-state index in [4.69, 9.17) is 23.8 Å². The van der Waals surface area contributed by atoms with Gasteiger partial charge in [0.25, 0.3) is 0 Å². The van der Waals surface area contributed by atoms with Crippen LogP contribution in [0.25, 0.3) is 0 Å². The van der Waals surface area contributed by atoms with Gasteiger partial charge in [-0.1, -0.05) is 29.8 Å². The molecule has 0 fully saturated rings. The molecule has 17 heavy (non-hydrogen) atoms. The summed E-state index contributed by atoms with van der Waals surface area (Å²) in [5, 5.41) is 7.03. The Balaban J connectivity index is 1.98. The molecule has 0 spiro atoms. The number of benzene rings is 1. The zero-order valence-corrected chi connectivity index (χ0v) is 10.4. The van der Waals surface area contributed by atoms with Crippen molar-refractivity contribution in [2.75, 3.05) is 10.6 Å². The largest absolute Gasteiger partial charge is 0.332 e. The van der Waals surface area contributed by atoms with Crippen molar-refractivity contribution in [3.63, 3.8) is 0 Å². The summed E-state index contributed by atoms with van der Waals surface area (Å²) < 4.78 is 0. The Morgan fingerprint density at radius 1 is 1.06 bits per heavy atom. The fourth-order valence-corrected chi connectivity index (χ4v) is 1.70. The minimum Gasteiger partial charge on any atom is -0.332 e. The molecule has 0 aliphatic heterocycles. The van der Waals surface area contributed by atoms with Gasteiger partial charge in [-0.05, 0) is 36.5 Å². The van der Waals surface area contributed by atoms with Gasteiger partial charge in [0.2, 0.25) is 0 Å². The maximum atomic E-state index is 5.77. The number of hydrogen-bond acceptors (Lipinski definition) is 2. The highest BCUT2D eigenvalue weighted by atomic mass is 35.5. The number of nitrogens with zero attached hydrogens (tertiary/aromatic N) is 1. The first-order valence-corrected chi connectivity index (χ1v) is 5.77. The third kappa shape index (κ3) is 3.69. The average Bonchev–Trinajstić information content (AvgIpc) is 2.30. The minimum atomic E-state index is 0.428. The molecule has 0 saturated heterocycles. The van der Waals surface area contributed by atoms with Crippen LogP contribution in [0.2, 0.25) is 5.15 Å². The van der Waals surface area contributed by atoms with Crippen molar-refractivity contribution in [3.05, 3.63) is 53.8 Å². The molecule has 2 N–H and O–H groups in total. The van der Waals surface area contributed by atoms with E-state index in [0.717, 1.165) is 11.4 Å². The summed E-state index contributed by atoms with van der Waals surface area (Å²) in [5.41, 5.74) is 1.74. The van der Waals surface area contributed by atoms with Gasteiger partial charge >= 0.3 is 0 Å². The molecule has 0 aliphatic rings. The molecular weight excluding hydrogens is 254 g/mol. The van der Waals surface area contributed by atoms with Crippen molar-refractivity contribution in [1.82, 2.24) is 4.98 Å². The third-order valence-electron chi connectivity index (χ3n) is 2.02. The molecule has 0 atom stereocenters. The van der Waals surface area contributed by atoms with Crippen LogP contribution >= 0.6 is 23.8 Å². The van der Waals surface area contributed by atoms with E-state index in [2.05, 4.69) is 15.6 Å². The van der Waals surface area contributed by atoms with Gasteiger partial charge in [-0.15, -0.1) is 0 Å². The number of halogens is 1. The van der Waals surface area contributed by atoms with Gasteiger partial charge in [0.05, 0.1) is 0 Å². The van der Waals surface area contributed by atoms with Gasteiger partial charge in [0.15, 0.2) is 5.11 Å². The Hall–Kier alpha value is -1.65. The van der Waals surface area contributed by atoms with Crippen molar-refractivity contribution in [2.24, 2.45) is 0 Å². The first-order valence-electron chi connectivity index (χ1n) is 4.98.